The SMILES string of the molecule is CN=C(NCCn1cc(C)cn1)NC(C)c1ccc(Cl)cc1Cl. The minimum absolute atomic E-state index is 0.0120. The highest BCUT2D eigenvalue weighted by molar-refractivity contribution is 6.35. The first-order valence-electron chi connectivity index (χ1n) is 7.41. The number of aryl methyl sites for hydroxylation is 1. The van der Waals surface area contributed by atoms with Gasteiger partial charge in [-0.05, 0) is 37.1 Å². The second-order valence-corrected chi connectivity index (χ2v) is 6.16. The smallest absolute Gasteiger partial charge is 0.191 e. The van der Waals surface area contributed by atoms with Crippen molar-refractivity contribution in [2.24, 2.45) is 4.99 Å². The first-order chi connectivity index (χ1) is 11.0. The van der Waals surface area contributed by atoms with Gasteiger partial charge in [0.25, 0.3) is 0 Å². The summed E-state index contributed by atoms with van der Waals surface area (Å²) in [6, 6.07) is 5.50. The molecular formula is C16H21Cl2N5. The molecule has 0 spiro atoms. The number of nitrogens with one attached hydrogen (secondary N) is 2. The topological polar surface area (TPSA) is 54.2 Å². The fraction of sp³-hybridized carbons (Fsp3) is 0.375. The number of aliphatic imine (C=N–C) groups is 1. The predicted molar refractivity (Wildman–Crippen MR) is 96.3 cm³/mol. The molecule has 0 saturated heterocycles. The molecule has 0 fully saturated rings. The molecule has 0 aliphatic rings. The Kier molecular flexibility index (Phi) is 6.30. The Bertz CT molecular complexity index is 681. The van der Waals surface area contributed by atoms with E-state index in [9.17, 15) is 0 Å². The van der Waals surface area contributed by atoms with Crippen LogP contribution in [0.3, 0.4) is 0 Å². The van der Waals surface area contributed by atoms with E-state index in [4.69, 9.17) is 23.2 Å². The van der Waals surface area contributed by atoms with Gasteiger partial charge in [-0.15, -0.1) is 0 Å². The summed E-state index contributed by atoms with van der Waals surface area (Å²) in [6.45, 7) is 5.54. The van der Waals surface area contributed by atoms with Gasteiger partial charge in [-0.2, -0.15) is 5.10 Å². The van der Waals surface area contributed by atoms with E-state index in [1.165, 1.54) is 0 Å². The fourth-order valence-electron chi connectivity index (χ4n) is 2.21. The van der Waals surface area contributed by atoms with Gasteiger partial charge in [0.05, 0.1) is 18.8 Å². The molecule has 1 aromatic carbocycles. The van der Waals surface area contributed by atoms with Gasteiger partial charge in [0.1, 0.15) is 0 Å². The van der Waals surface area contributed by atoms with E-state index in [1.807, 2.05) is 43.1 Å². The molecule has 0 radical (unpaired) electrons. The predicted octanol–water partition coefficient (Wildman–Crippen LogP) is 3.42. The minimum Gasteiger partial charge on any atom is -0.355 e. The molecule has 2 rings (SSSR count). The Balaban J connectivity index is 1.88. The quantitative estimate of drug-likeness (QED) is 0.639. The Hall–Kier alpha value is -1.72. The van der Waals surface area contributed by atoms with E-state index in [0.29, 0.717) is 16.0 Å². The maximum atomic E-state index is 6.24. The van der Waals surface area contributed by atoms with Crippen LogP contribution < -0.4 is 10.6 Å². The van der Waals surface area contributed by atoms with Crippen molar-refractivity contribution in [3.05, 3.63) is 51.8 Å². The Morgan fingerprint density at radius 2 is 2.17 bits per heavy atom. The van der Waals surface area contributed by atoms with Crippen molar-refractivity contribution in [1.29, 1.82) is 0 Å². The lowest BCUT2D eigenvalue weighted by Crippen LogP contribution is -2.40. The molecule has 0 saturated carbocycles. The third-order valence-corrected chi connectivity index (χ3v) is 3.96. The third-order valence-electron chi connectivity index (χ3n) is 3.40. The molecule has 0 amide bonds. The molecule has 0 aliphatic heterocycles. The van der Waals surface area contributed by atoms with Crippen molar-refractivity contribution < 1.29 is 0 Å². The van der Waals surface area contributed by atoms with Gasteiger partial charge in [-0.25, -0.2) is 0 Å². The number of aromatic nitrogens is 2. The average molecular weight is 354 g/mol. The van der Waals surface area contributed by atoms with Gasteiger partial charge in [0.15, 0.2) is 5.96 Å². The van der Waals surface area contributed by atoms with Crippen molar-refractivity contribution >= 4 is 29.2 Å². The van der Waals surface area contributed by atoms with Gasteiger partial charge < -0.3 is 10.6 Å². The monoisotopic (exact) mass is 353 g/mol. The maximum absolute atomic E-state index is 6.24. The Morgan fingerprint density at radius 1 is 1.39 bits per heavy atom. The minimum atomic E-state index is 0.0120. The zero-order chi connectivity index (χ0) is 16.8. The summed E-state index contributed by atoms with van der Waals surface area (Å²) in [7, 11) is 1.74. The molecule has 2 N–H and O–H groups in total. The van der Waals surface area contributed by atoms with Crippen LogP contribution in [0.25, 0.3) is 0 Å². The lowest BCUT2D eigenvalue weighted by molar-refractivity contribution is 0.591. The summed E-state index contributed by atoms with van der Waals surface area (Å²) < 4.78 is 1.90. The van der Waals surface area contributed by atoms with Gasteiger partial charge in [0, 0.05) is 29.8 Å². The summed E-state index contributed by atoms with van der Waals surface area (Å²) in [5.41, 5.74) is 2.13. The molecule has 124 valence electrons. The molecule has 23 heavy (non-hydrogen) atoms. The largest absolute Gasteiger partial charge is 0.355 e. The van der Waals surface area contributed by atoms with Crippen LogP contribution in [0.1, 0.15) is 24.1 Å². The van der Waals surface area contributed by atoms with Crippen LogP contribution in [0.2, 0.25) is 10.0 Å². The van der Waals surface area contributed by atoms with Crippen LogP contribution in [-0.4, -0.2) is 29.3 Å². The summed E-state index contributed by atoms with van der Waals surface area (Å²) in [5, 5.41) is 12.1. The molecule has 0 bridgehead atoms. The Morgan fingerprint density at radius 3 is 2.78 bits per heavy atom. The van der Waals surface area contributed by atoms with Crippen LogP contribution in [0.15, 0.2) is 35.6 Å². The lowest BCUT2D eigenvalue weighted by Gasteiger charge is -2.19. The summed E-state index contributed by atoms with van der Waals surface area (Å²) in [4.78, 5) is 4.23. The molecule has 5 nitrogen and oxygen atoms in total. The van der Waals surface area contributed by atoms with E-state index < -0.39 is 0 Å². The molecule has 7 heteroatoms. The summed E-state index contributed by atoms with van der Waals surface area (Å²) in [6.07, 6.45) is 3.85. The average Bonchev–Trinajstić information content (AvgIpc) is 2.91. The van der Waals surface area contributed by atoms with Crippen LogP contribution >= 0.6 is 23.2 Å². The summed E-state index contributed by atoms with van der Waals surface area (Å²) >= 11 is 12.2. The zero-order valence-electron chi connectivity index (χ0n) is 13.5. The van der Waals surface area contributed by atoms with Crippen molar-refractivity contribution in [2.75, 3.05) is 13.6 Å². The van der Waals surface area contributed by atoms with Gasteiger partial charge >= 0.3 is 0 Å². The van der Waals surface area contributed by atoms with E-state index in [-0.39, 0.29) is 6.04 Å². The second-order valence-electron chi connectivity index (χ2n) is 5.31. The fourth-order valence-corrected chi connectivity index (χ4v) is 2.78. The Labute approximate surface area is 146 Å². The number of benzene rings is 1. The van der Waals surface area contributed by atoms with Crippen molar-refractivity contribution in [3.63, 3.8) is 0 Å². The van der Waals surface area contributed by atoms with Crippen LogP contribution in [-0.2, 0) is 6.54 Å². The van der Waals surface area contributed by atoms with E-state index in [0.717, 1.165) is 24.2 Å². The summed E-state index contributed by atoms with van der Waals surface area (Å²) in [5.74, 6) is 0.715. The lowest BCUT2D eigenvalue weighted by atomic mass is 10.1. The number of halogens is 2. The van der Waals surface area contributed by atoms with Crippen molar-refractivity contribution in [2.45, 2.75) is 26.4 Å². The zero-order valence-corrected chi connectivity index (χ0v) is 15.0. The van der Waals surface area contributed by atoms with Crippen LogP contribution in [0.4, 0.5) is 0 Å². The maximum Gasteiger partial charge on any atom is 0.191 e. The first-order valence-corrected chi connectivity index (χ1v) is 8.16. The first kappa shape index (κ1) is 17.6. The molecule has 2 aromatic rings. The number of nitrogens with zero attached hydrogens (tertiary/aromatic N) is 3. The molecule has 1 heterocycles. The number of guanidine groups is 1. The molecular weight excluding hydrogens is 333 g/mol. The number of rotatable bonds is 5. The highest BCUT2D eigenvalue weighted by atomic mass is 35.5. The number of hydrogen-bond donors (Lipinski definition) is 2. The second kappa shape index (κ2) is 8.22. The highest BCUT2D eigenvalue weighted by Crippen LogP contribution is 2.25. The van der Waals surface area contributed by atoms with E-state index in [1.54, 1.807) is 13.1 Å². The number of hydrogen-bond acceptors (Lipinski definition) is 2. The van der Waals surface area contributed by atoms with Crippen LogP contribution in [0, 0.1) is 6.92 Å². The third kappa shape index (κ3) is 5.15. The van der Waals surface area contributed by atoms with Gasteiger partial charge in [-0.1, -0.05) is 29.3 Å². The van der Waals surface area contributed by atoms with E-state index in [2.05, 4.69) is 20.7 Å². The van der Waals surface area contributed by atoms with Gasteiger partial charge in [-0.3, -0.25) is 9.67 Å². The van der Waals surface area contributed by atoms with E-state index >= 15 is 0 Å². The molecule has 1 unspecified atom stereocenters. The standard InChI is InChI=1S/C16H21Cl2N5/c1-11-9-21-23(10-11)7-6-20-16(19-3)22-12(2)14-5-4-13(17)8-15(14)18/h4-5,8-10,12H,6-7H2,1-3H3,(H2,19,20,22). The van der Waals surface area contributed by atoms with Gasteiger partial charge in [0.2, 0.25) is 0 Å². The highest BCUT2D eigenvalue weighted by Gasteiger charge is 2.11. The molecule has 1 aromatic heterocycles. The molecule has 0 aliphatic carbocycles. The normalized spacial score (nSPS) is 13.0. The van der Waals surface area contributed by atoms with Crippen molar-refractivity contribution in [1.82, 2.24) is 20.4 Å². The van der Waals surface area contributed by atoms with Crippen LogP contribution in [0.5, 0.6) is 0 Å². The van der Waals surface area contributed by atoms with Crippen molar-refractivity contribution in [3.8, 4) is 0 Å². The molecule has 1 atom stereocenters.